The lowest BCUT2D eigenvalue weighted by Crippen LogP contribution is -2.54. The molecule has 9 heteroatoms. The molecule has 3 rings (SSSR count). The fourth-order valence-electron chi connectivity index (χ4n) is 3.27. The number of amides is 3. The first kappa shape index (κ1) is 20.6. The third-order valence-corrected chi connectivity index (χ3v) is 5.32. The minimum atomic E-state index is -0.227. The van der Waals surface area contributed by atoms with Gasteiger partial charge in [0.2, 0.25) is 11.8 Å². The number of rotatable bonds is 6. The Kier molecular flexibility index (Phi) is 6.90. The van der Waals surface area contributed by atoms with Crippen LogP contribution >= 0.6 is 15.9 Å². The van der Waals surface area contributed by atoms with E-state index in [2.05, 4.69) is 21.2 Å². The van der Waals surface area contributed by atoms with E-state index in [0.717, 1.165) is 10.9 Å². The number of hydrogen-bond acceptors (Lipinski definition) is 5. The average Bonchev–Trinajstić information content (AvgIpc) is 2.69. The van der Waals surface area contributed by atoms with Crippen molar-refractivity contribution in [2.75, 3.05) is 57.3 Å². The van der Waals surface area contributed by atoms with Crippen molar-refractivity contribution < 1.29 is 19.1 Å². The lowest BCUT2D eigenvalue weighted by molar-refractivity contribution is -0.133. The summed E-state index contributed by atoms with van der Waals surface area (Å²) < 4.78 is 6.31. The van der Waals surface area contributed by atoms with E-state index in [1.54, 1.807) is 17.0 Å². The molecule has 8 nitrogen and oxygen atoms in total. The van der Waals surface area contributed by atoms with Gasteiger partial charge in [0.15, 0.2) is 6.61 Å². The van der Waals surface area contributed by atoms with Crippen molar-refractivity contribution in [3.05, 3.63) is 22.7 Å². The van der Waals surface area contributed by atoms with Gasteiger partial charge in [-0.25, -0.2) is 0 Å². The number of carbonyl (C=O) groups excluding carboxylic acids is 3. The first-order valence-corrected chi connectivity index (χ1v) is 10.3. The van der Waals surface area contributed by atoms with Gasteiger partial charge < -0.3 is 15.0 Å². The van der Waals surface area contributed by atoms with Crippen molar-refractivity contribution in [3.63, 3.8) is 0 Å². The molecular formula is C19H25BrN4O4. The minimum absolute atomic E-state index is 0.00614. The number of ether oxygens (including phenoxy) is 1. The van der Waals surface area contributed by atoms with Gasteiger partial charge in [0, 0.05) is 37.2 Å². The molecule has 1 N–H and O–H groups in total. The highest BCUT2D eigenvalue weighted by atomic mass is 79.9. The summed E-state index contributed by atoms with van der Waals surface area (Å²) in [4.78, 5) is 42.1. The van der Waals surface area contributed by atoms with Crippen LogP contribution in [0.25, 0.3) is 0 Å². The third-order valence-electron chi connectivity index (χ3n) is 4.82. The zero-order valence-corrected chi connectivity index (χ0v) is 17.5. The molecule has 0 unspecified atom stereocenters. The number of benzene rings is 1. The van der Waals surface area contributed by atoms with Crippen LogP contribution in [0.2, 0.25) is 0 Å². The standard InChI is InChI=1S/C19H25BrN4O4/c1-2-5-21-17(25)11-22-6-8-23(9-7-22)18(26)12-24-15-4-3-14(20)10-16(15)28-13-19(24)27/h3-4,10H,2,5-9,11-13H2,1H3,(H,21,25). The smallest absolute Gasteiger partial charge is 0.265 e. The second-order valence-electron chi connectivity index (χ2n) is 6.89. The molecule has 0 spiro atoms. The maximum Gasteiger partial charge on any atom is 0.265 e. The molecule has 1 aromatic carbocycles. The van der Waals surface area contributed by atoms with E-state index in [0.29, 0.717) is 50.7 Å². The van der Waals surface area contributed by atoms with Gasteiger partial charge in [-0.05, 0) is 24.6 Å². The number of hydrogen-bond donors (Lipinski definition) is 1. The predicted molar refractivity (Wildman–Crippen MR) is 108 cm³/mol. The Balaban J connectivity index is 1.54. The summed E-state index contributed by atoms with van der Waals surface area (Å²) >= 11 is 3.38. The SMILES string of the molecule is CCCNC(=O)CN1CCN(C(=O)CN2C(=O)COc3cc(Br)ccc32)CC1. The van der Waals surface area contributed by atoms with Gasteiger partial charge in [0.1, 0.15) is 12.3 Å². The van der Waals surface area contributed by atoms with Crippen molar-refractivity contribution in [1.82, 2.24) is 15.1 Å². The number of nitrogens with zero attached hydrogens (tertiary/aromatic N) is 3. The number of nitrogens with one attached hydrogen (secondary N) is 1. The Hall–Kier alpha value is -2.13. The van der Waals surface area contributed by atoms with E-state index in [9.17, 15) is 14.4 Å². The Morgan fingerprint density at radius 3 is 2.64 bits per heavy atom. The van der Waals surface area contributed by atoms with Crippen LogP contribution in [0, 0.1) is 0 Å². The van der Waals surface area contributed by atoms with E-state index in [-0.39, 0.29) is 30.9 Å². The lowest BCUT2D eigenvalue weighted by Gasteiger charge is -2.36. The molecule has 0 aliphatic carbocycles. The highest BCUT2D eigenvalue weighted by molar-refractivity contribution is 9.10. The monoisotopic (exact) mass is 452 g/mol. The van der Waals surface area contributed by atoms with Crippen LogP contribution in [0.1, 0.15) is 13.3 Å². The molecule has 3 amide bonds. The van der Waals surface area contributed by atoms with Crippen LogP contribution in [0.4, 0.5) is 5.69 Å². The van der Waals surface area contributed by atoms with Crippen molar-refractivity contribution in [3.8, 4) is 5.75 Å². The van der Waals surface area contributed by atoms with Crippen molar-refractivity contribution in [2.45, 2.75) is 13.3 Å². The fraction of sp³-hybridized carbons (Fsp3) is 0.526. The van der Waals surface area contributed by atoms with E-state index in [1.165, 1.54) is 4.90 Å². The van der Waals surface area contributed by atoms with Crippen molar-refractivity contribution >= 4 is 39.3 Å². The molecule has 2 heterocycles. The molecule has 152 valence electrons. The number of fused-ring (bicyclic) bond motifs is 1. The van der Waals surface area contributed by atoms with Crippen molar-refractivity contribution in [1.29, 1.82) is 0 Å². The molecule has 0 saturated carbocycles. The molecule has 0 aromatic heterocycles. The van der Waals surface area contributed by atoms with Gasteiger partial charge in [-0.1, -0.05) is 22.9 Å². The van der Waals surface area contributed by atoms with Crippen LogP contribution in [-0.4, -0.2) is 79.9 Å². The second-order valence-corrected chi connectivity index (χ2v) is 7.80. The van der Waals surface area contributed by atoms with Crippen LogP contribution in [0.5, 0.6) is 5.75 Å². The fourth-order valence-corrected chi connectivity index (χ4v) is 3.61. The molecule has 0 bridgehead atoms. The molecule has 1 fully saturated rings. The van der Waals surface area contributed by atoms with E-state index in [1.807, 2.05) is 17.9 Å². The summed E-state index contributed by atoms with van der Waals surface area (Å²) in [5, 5.41) is 2.87. The van der Waals surface area contributed by atoms with Gasteiger partial charge in [-0.15, -0.1) is 0 Å². The normalized spacial score (nSPS) is 17.1. The first-order valence-electron chi connectivity index (χ1n) is 9.47. The number of anilines is 1. The summed E-state index contributed by atoms with van der Waals surface area (Å²) in [5.74, 6) is 0.279. The Morgan fingerprint density at radius 2 is 1.93 bits per heavy atom. The maximum absolute atomic E-state index is 12.7. The molecule has 0 radical (unpaired) electrons. The second kappa shape index (κ2) is 9.38. The van der Waals surface area contributed by atoms with Gasteiger partial charge >= 0.3 is 0 Å². The largest absolute Gasteiger partial charge is 0.482 e. The summed E-state index contributed by atoms with van der Waals surface area (Å²) in [7, 11) is 0. The van der Waals surface area contributed by atoms with E-state index < -0.39 is 0 Å². The van der Waals surface area contributed by atoms with Crippen LogP contribution < -0.4 is 15.0 Å². The molecule has 1 aromatic rings. The molecule has 1 saturated heterocycles. The van der Waals surface area contributed by atoms with Crippen LogP contribution in [0.15, 0.2) is 22.7 Å². The maximum atomic E-state index is 12.7. The van der Waals surface area contributed by atoms with Crippen molar-refractivity contribution in [2.24, 2.45) is 0 Å². The van der Waals surface area contributed by atoms with Gasteiger partial charge in [-0.2, -0.15) is 0 Å². The van der Waals surface area contributed by atoms with Gasteiger partial charge in [0.25, 0.3) is 5.91 Å². The topological polar surface area (TPSA) is 82.2 Å². The van der Waals surface area contributed by atoms with E-state index >= 15 is 0 Å². The van der Waals surface area contributed by atoms with Crippen LogP contribution in [-0.2, 0) is 14.4 Å². The van der Waals surface area contributed by atoms with Gasteiger partial charge in [-0.3, -0.25) is 24.2 Å². The Bertz CT molecular complexity index is 749. The molecule has 0 atom stereocenters. The summed E-state index contributed by atoms with van der Waals surface area (Å²) in [6.45, 7) is 5.36. The third kappa shape index (κ3) is 5.02. The average molecular weight is 453 g/mol. The summed E-state index contributed by atoms with van der Waals surface area (Å²) in [5.41, 5.74) is 0.610. The quantitative estimate of drug-likeness (QED) is 0.691. The zero-order chi connectivity index (χ0) is 20.1. The molecule has 2 aliphatic heterocycles. The first-order chi connectivity index (χ1) is 13.5. The zero-order valence-electron chi connectivity index (χ0n) is 15.9. The molecule has 28 heavy (non-hydrogen) atoms. The number of carbonyl (C=O) groups is 3. The Labute approximate surface area is 172 Å². The highest BCUT2D eigenvalue weighted by Crippen LogP contribution is 2.34. The Morgan fingerprint density at radius 1 is 1.18 bits per heavy atom. The van der Waals surface area contributed by atoms with Crippen LogP contribution in [0.3, 0.4) is 0 Å². The van der Waals surface area contributed by atoms with E-state index in [4.69, 9.17) is 4.74 Å². The highest BCUT2D eigenvalue weighted by Gasteiger charge is 2.30. The summed E-state index contributed by atoms with van der Waals surface area (Å²) in [6, 6.07) is 5.39. The number of piperazine rings is 1. The number of halogens is 1. The summed E-state index contributed by atoms with van der Waals surface area (Å²) in [6.07, 6.45) is 0.911. The predicted octanol–water partition coefficient (Wildman–Crippen LogP) is 0.845. The minimum Gasteiger partial charge on any atom is -0.482 e. The molecular weight excluding hydrogens is 428 g/mol. The van der Waals surface area contributed by atoms with Gasteiger partial charge in [0.05, 0.1) is 12.2 Å². The lowest BCUT2D eigenvalue weighted by atomic mass is 10.2. The molecule has 2 aliphatic rings.